The fourth-order valence-electron chi connectivity index (χ4n) is 1.63. The number of aliphatic carboxylic acids is 1. The van der Waals surface area contributed by atoms with Gasteiger partial charge < -0.3 is 14.7 Å². The van der Waals surface area contributed by atoms with Crippen LogP contribution in [-0.2, 0) is 14.3 Å². The van der Waals surface area contributed by atoms with Gasteiger partial charge in [-0.05, 0) is 12.1 Å². The highest BCUT2D eigenvalue weighted by Gasteiger charge is 2.23. The normalized spacial score (nSPS) is 11.9. The van der Waals surface area contributed by atoms with Crippen molar-refractivity contribution in [2.24, 2.45) is 5.92 Å². The van der Waals surface area contributed by atoms with Crippen LogP contribution in [0.25, 0.3) is 0 Å². The number of rotatable bonds is 6. The van der Waals surface area contributed by atoms with E-state index in [1.807, 2.05) is 6.07 Å². The molecule has 0 aliphatic rings. The van der Waals surface area contributed by atoms with Crippen LogP contribution in [0.2, 0.25) is 0 Å². The van der Waals surface area contributed by atoms with E-state index >= 15 is 0 Å². The minimum Gasteiger partial charge on any atom is -0.480 e. The van der Waals surface area contributed by atoms with Crippen LogP contribution in [0.1, 0.15) is 6.92 Å². The van der Waals surface area contributed by atoms with Crippen LogP contribution in [0.15, 0.2) is 30.3 Å². The molecule has 18 heavy (non-hydrogen) atoms. The zero-order valence-corrected chi connectivity index (χ0v) is 10.5. The highest BCUT2D eigenvalue weighted by molar-refractivity contribution is 5.98. The highest BCUT2D eigenvalue weighted by Crippen LogP contribution is 2.16. The summed E-state index contributed by atoms with van der Waals surface area (Å²) in [4.78, 5) is 24.3. The molecule has 0 aromatic heterocycles. The number of carboxylic acid groups (broad SMARTS) is 1. The molecule has 0 aliphatic carbocycles. The number of nitrogens with zero attached hydrogens (tertiary/aromatic N) is 1. The third kappa shape index (κ3) is 3.85. The maximum Gasteiger partial charge on any atom is 0.323 e. The number of anilines is 1. The van der Waals surface area contributed by atoms with Crippen LogP contribution in [0.5, 0.6) is 0 Å². The van der Waals surface area contributed by atoms with Crippen LogP contribution in [-0.4, -0.2) is 37.2 Å². The number of amides is 1. The Kier molecular flexibility index (Phi) is 5.32. The Bertz CT molecular complexity index is 405. The molecule has 5 heteroatoms. The van der Waals surface area contributed by atoms with Crippen molar-refractivity contribution < 1.29 is 19.4 Å². The van der Waals surface area contributed by atoms with E-state index in [1.54, 1.807) is 31.2 Å². The second-order valence-corrected chi connectivity index (χ2v) is 4.01. The van der Waals surface area contributed by atoms with Crippen molar-refractivity contribution in [1.29, 1.82) is 0 Å². The van der Waals surface area contributed by atoms with Gasteiger partial charge in [-0.2, -0.15) is 0 Å². The van der Waals surface area contributed by atoms with Crippen LogP contribution in [0, 0.1) is 5.92 Å². The third-order valence-electron chi connectivity index (χ3n) is 2.47. The largest absolute Gasteiger partial charge is 0.480 e. The van der Waals surface area contributed by atoms with E-state index in [2.05, 4.69) is 0 Å². The fourth-order valence-corrected chi connectivity index (χ4v) is 1.63. The van der Waals surface area contributed by atoms with Crippen LogP contribution in [0.3, 0.4) is 0 Å². The molecule has 5 nitrogen and oxygen atoms in total. The maximum atomic E-state index is 12.2. The second kappa shape index (κ2) is 6.76. The molecule has 1 aromatic rings. The number of benzene rings is 1. The molecule has 0 fully saturated rings. The summed E-state index contributed by atoms with van der Waals surface area (Å²) in [5, 5.41) is 8.88. The Balaban J connectivity index is 2.91. The molecule has 1 amide bonds. The Hall–Kier alpha value is -1.88. The number of hydrogen-bond donors (Lipinski definition) is 1. The van der Waals surface area contributed by atoms with E-state index in [0.717, 1.165) is 0 Å². The Labute approximate surface area is 106 Å². The van der Waals surface area contributed by atoms with E-state index < -0.39 is 5.97 Å². The first-order valence-corrected chi connectivity index (χ1v) is 5.63. The topological polar surface area (TPSA) is 66.8 Å². The summed E-state index contributed by atoms with van der Waals surface area (Å²) in [5.41, 5.74) is 0.577. The van der Waals surface area contributed by atoms with Crippen molar-refractivity contribution in [3.05, 3.63) is 30.3 Å². The number of carboxylic acids is 1. The van der Waals surface area contributed by atoms with Gasteiger partial charge in [-0.3, -0.25) is 9.59 Å². The van der Waals surface area contributed by atoms with E-state index in [-0.39, 0.29) is 25.0 Å². The summed E-state index contributed by atoms with van der Waals surface area (Å²) in [5.74, 6) is -1.68. The molecule has 98 valence electrons. The first-order valence-electron chi connectivity index (χ1n) is 5.63. The predicted molar refractivity (Wildman–Crippen MR) is 67.5 cm³/mol. The van der Waals surface area contributed by atoms with Gasteiger partial charge in [-0.25, -0.2) is 0 Å². The molecule has 0 spiro atoms. The van der Waals surface area contributed by atoms with Gasteiger partial charge in [-0.1, -0.05) is 25.1 Å². The molecule has 0 saturated carbocycles. The number of methoxy groups -OCH3 is 1. The standard InChI is InChI=1S/C13H17NO4/c1-10(9-18-2)13(17)14(8-12(15)16)11-6-4-3-5-7-11/h3-7,10H,8-9H2,1-2H3,(H,15,16). The Morgan fingerprint density at radius 2 is 1.94 bits per heavy atom. The van der Waals surface area contributed by atoms with Gasteiger partial charge in [0, 0.05) is 12.8 Å². The highest BCUT2D eigenvalue weighted by atomic mass is 16.5. The van der Waals surface area contributed by atoms with Gasteiger partial charge in [0.25, 0.3) is 0 Å². The molecular formula is C13H17NO4. The predicted octanol–water partition coefficient (Wildman–Crippen LogP) is 1.39. The zero-order valence-electron chi connectivity index (χ0n) is 10.5. The summed E-state index contributed by atoms with van der Waals surface area (Å²) in [6.07, 6.45) is 0. The van der Waals surface area contributed by atoms with Crippen molar-refractivity contribution >= 4 is 17.6 Å². The minimum absolute atomic E-state index is 0.259. The molecule has 1 atom stereocenters. The maximum absolute atomic E-state index is 12.2. The number of carbonyl (C=O) groups excluding carboxylic acids is 1. The second-order valence-electron chi connectivity index (χ2n) is 4.01. The van der Waals surface area contributed by atoms with Gasteiger partial charge in [-0.15, -0.1) is 0 Å². The molecule has 1 N–H and O–H groups in total. The first kappa shape index (κ1) is 14.2. The number of para-hydroxylation sites is 1. The van der Waals surface area contributed by atoms with E-state index in [1.165, 1.54) is 12.0 Å². The first-order chi connectivity index (χ1) is 8.56. The lowest BCUT2D eigenvalue weighted by Gasteiger charge is -2.24. The monoisotopic (exact) mass is 251 g/mol. The lowest BCUT2D eigenvalue weighted by atomic mass is 10.1. The molecule has 1 unspecified atom stereocenters. The summed E-state index contributed by atoms with van der Waals surface area (Å²) in [7, 11) is 1.51. The Morgan fingerprint density at radius 3 is 2.44 bits per heavy atom. The molecule has 0 radical (unpaired) electrons. The van der Waals surface area contributed by atoms with Gasteiger partial charge in [0.2, 0.25) is 5.91 Å². The lowest BCUT2D eigenvalue weighted by molar-refractivity contribution is -0.137. The van der Waals surface area contributed by atoms with Crippen molar-refractivity contribution in [1.82, 2.24) is 0 Å². The average Bonchev–Trinajstić information content (AvgIpc) is 2.36. The van der Waals surface area contributed by atoms with E-state index in [4.69, 9.17) is 9.84 Å². The molecule has 0 bridgehead atoms. The average molecular weight is 251 g/mol. The molecular weight excluding hydrogens is 234 g/mol. The fraction of sp³-hybridized carbons (Fsp3) is 0.385. The van der Waals surface area contributed by atoms with Crippen molar-refractivity contribution in [3.8, 4) is 0 Å². The molecule has 1 aromatic carbocycles. The lowest BCUT2D eigenvalue weighted by Crippen LogP contribution is -2.40. The quantitative estimate of drug-likeness (QED) is 0.829. The minimum atomic E-state index is -1.04. The van der Waals surface area contributed by atoms with E-state index in [9.17, 15) is 9.59 Å². The number of carbonyl (C=O) groups is 2. The summed E-state index contributed by atoms with van der Waals surface area (Å²) in [6.45, 7) is 1.63. The van der Waals surface area contributed by atoms with Gasteiger partial charge >= 0.3 is 5.97 Å². The van der Waals surface area contributed by atoms with Crippen molar-refractivity contribution in [3.63, 3.8) is 0 Å². The van der Waals surface area contributed by atoms with Crippen molar-refractivity contribution in [2.75, 3.05) is 25.2 Å². The van der Waals surface area contributed by atoms with Crippen molar-refractivity contribution in [2.45, 2.75) is 6.92 Å². The molecule has 0 aliphatic heterocycles. The third-order valence-corrected chi connectivity index (χ3v) is 2.47. The van der Waals surface area contributed by atoms with Crippen LogP contribution in [0.4, 0.5) is 5.69 Å². The van der Waals surface area contributed by atoms with Gasteiger partial charge in [0.1, 0.15) is 6.54 Å². The molecule has 0 heterocycles. The van der Waals surface area contributed by atoms with Crippen LogP contribution < -0.4 is 4.90 Å². The zero-order chi connectivity index (χ0) is 13.5. The summed E-state index contributed by atoms with van der Waals surface area (Å²) in [6, 6.07) is 8.75. The summed E-state index contributed by atoms with van der Waals surface area (Å²) >= 11 is 0. The Morgan fingerprint density at radius 1 is 1.33 bits per heavy atom. The number of ether oxygens (including phenoxy) is 1. The van der Waals surface area contributed by atoms with Gasteiger partial charge in [0.15, 0.2) is 0 Å². The SMILES string of the molecule is COCC(C)C(=O)N(CC(=O)O)c1ccccc1. The van der Waals surface area contributed by atoms with E-state index in [0.29, 0.717) is 5.69 Å². The molecule has 1 rings (SSSR count). The number of hydrogen-bond acceptors (Lipinski definition) is 3. The van der Waals surface area contributed by atoms with Crippen LogP contribution >= 0.6 is 0 Å². The van der Waals surface area contributed by atoms with Gasteiger partial charge in [0.05, 0.1) is 12.5 Å². The summed E-state index contributed by atoms with van der Waals surface area (Å²) < 4.78 is 4.92. The smallest absolute Gasteiger partial charge is 0.323 e. The molecule has 0 saturated heterocycles.